The number of amides is 1. The molecule has 5 nitrogen and oxygen atoms in total. The zero-order valence-corrected chi connectivity index (χ0v) is 17.9. The van der Waals surface area contributed by atoms with E-state index in [-0.39, 0.29) is 42.9 Å². The topological polar surface area (TPSA) is 53.6 Å². The maximum absolute atomic E-state index is 12.4. The molecule has 1 aromatic rings. The van der Waals surface area contributed by atoms with Crippen LogP contribution in [0.15, 0.2) is 24.3 Å². The molecule has 0 aromatic heterocycles. The summed E-state index contributed by atoms with van der Waals surface area (Å²) in [7, 11) is 0. The number of carbonyl (C=O) groups excluding carboxylic acids is 1. The van der Waals surface area contributed by atoms with E-state index >= 15 is 0 Å². The Balaban J connectivity index is 0.00000182. The summed E-state index contributed by atoms with van der Waals surface area (Å²) >= 11 is 0. The van der Waals surface area contributed by atoms with Crippen molar-refractivity contribution in [3.63, 3.8) is 0 Å². The fourth-order valence-corrected chi connectivity index (χ4v) is 3.64. The van der Waals surface area contributed by atoms with Gasteiger partial charge in [-0.25, -0.2) is 0 Å². The summed E-state index contributed by atoms with van der Waals surface area (Å²) in [4.78, 5) is 14.9. The Morgan fingerprint density at radius 2 is 1.93 bits per heavy atom. The Morgan fingerprint density at radius 3 is 2.63 bits per heavy atom. The molecule has 1 aromatic carbocycles. The number of halogens is 2. The van der Waals surface area contributed by atoms with Crippen LogP contribution in [0.2, 0.25) is 0 Å². The van der Waals surface area contributed by atoms with E-state index in [0.29, 0.717) is 13.2 Å². The van der Waals surface area contributed by atoms with Gasteiger partial charge in [-0.05, 0) is 49.9 Å². The van der Waals surface area contributed by atoms with Crippen molar-refractivity contribution in [2.45, 2.75) is 51.9 Å². The van der Waals surface area contributed by atoms with Gasteiger partial charge in [0.1, 0.15) is 6.04 Å². The Labute approximate surface area is 175 Å². The fourth-order valence-electron chi connectivity index (χ4n) is 3.64. The highest BCUT2D eigenvalue weighted by Crippen LogP contribution is 2.18. The molecule has 2 saturated heterocycles. The van der Waals surface area contributed by atoms with Crippen molar-refractivity contribution in [1.82, 2.24) is 15.5 Å². The number of ether oxygens (including phenoxy) is 1. The van der Waals surface area contributed by atoms with E-state index in [9.17, 15) is 4.79 Å². The predicted octanol–water partition coefficient (Wildman–Crippen LogP) is 2.76. The van der Waals surface area contributed by atoms with Crippen LogP contribution in [-0.2, 0) is 22.6 Å². The highest BCUT2D eigenvalue weighted by Gasteiger charge is 2.27. The van der Waals surface area contributed by atoms with Gasteiger partial charge in [-0.1, -0.05) is 31.2 Å². The standard InChI is InChI=1S/C20H31N3O2.2ClH/c1-15-6-9-23(10-7-15)14-18-5-3-4-17(12-18)13-22-20(24)19-16(2)25-11-8-21-19;;/h3-5,12,15-16,19,21H,6-11,13-14H2,1-2H3,(H,22,24);2*1H/t16-,19+;;/m1../s1. The number of hydrogen-bond acceptors (Lipinski definition) is 4. The van der Waals surface area contributed by atoms with Crippen LogP contribution in [-0.4, -0.2) is 49.2 Å². The van der Waals surface area contributed by atoms with Crippen LogP contribution in [0.1, 0.15) is 37.8 Å². The van der Waals surface area contributed by atoms with Crippen molar-refractivity contribution in [3.8, 4) is 0 Å². The number of piperidine rings is 1. The van der Waals surface area contributed by atoms with Crippen molar-refractivity contribution in [2.75, 3.05) is 26.2 Å². The number of likely N-dealkylation sites (tertiary alicyclic amines) is 1. The van der Waals surface area contributed by atoms with Gasteiger partial charge in [-0.2, -0.15) is 0 Å². The van der Waals surface area contributed by atoms with Gasteiger partial charge < -0.3 is 15.4 Å². The van der Waals surface area contributed by atoms with Gasteiger partial charge in [0.05, 0.1) is 12.7 Å². The first-order valence-electron chi connectivity index (χ1n) is 9.54. The minimum Gasteiger partial charge on any atom is -0.375 e. The number of benzene rings is 1. The van der Waals surface area contributed by atoms with Crippen LogP contribution in [0.25, 0.3) is 0 Å². The predicted molar refractivity (Wildman–Crippen MR) is 114 cm³/mol. The molecule has 3 rings (SSSR count). The lowest BCUT2D eigenvalue weighted by Crippen LogP contribution is -2.55. The van der Waals surface area contributed by atoms with E-state index < -0.39 is 0 Å². The molecular weight excluding hydrogens is 385 g/mol. The SMILES string of the molecule is CC1CCN(Cc2cccc(CNC(=O)[C@H]3NCCO[C@@H]3C)c2)CC1.Cl.Cl. The summed E-state index contributed by atoms with van der Waals surface area (Å²) in [5, 5.41) is 6.27. The molecule has 0 radical (unpaired) electrons. The number of hydrogen-bond donors (Lipinski definition) is 2. The van der Waals surface area contributed by atoms with Crippen LogP contribution in [0.4, 0.5) is 0 Å². The third-order valence-corrected chi connectivity index (χ3v) is 5.34. The van der Waals surface area contributed by atoms with Crippen molar-refractivity contribution in [1.29, 1.82) is 0 Å². The Hall–Kier alpha value is -0.850. The zero-order chi connectivity index (χ0) is 17.6. The van der Waals surface area contributed by atoms with Crippen molar-refractivity contribution in [2.24, 2.45) is 5.92 Å². The first-order valence-corrected chi connectivity index (χ1v) is 9.54. The summed E-state index contributed by atoms with van der Waals surface area (Å²) in [5.74, 6) is 0.875. The first-order chi connectivity index (χ1) is 12.1. The number of carbonyl (C=O) groups is 1. The average Bonchev–Trinajstić information content (AvgIpc) is 2.62. The lowest BCUT2D eigenvalue weighted by molar-refractivity contribution is -0.129. The molecule has 2 heterocycles. The van der Waals surface area contributed by atoms with Crippen LogP contribution in [0, 0.1) is 5.92 Å². The Bertz CT molecular complexity index is 580. The zero-order valence-electron chi connectivity index (χ0n) is 16.3. The van der Waals surface area contributed by atoms with Gasteiger partial charge in [0.2, 0.25) is 5.91 Å². The minimum atomic E-state index is -0.257. The molecule has 2 aliphatic heterocycles. The number of nitrogens with one attached hydrogen (secondary N) is 2. The summed E-state index contributed by atoms with van der Waals surface area (Å²) in [6, 6.07) is 8.31. The minimum absolute atomic E-state index is 0. The Morgan fingerprint density at radius 1 is 1.22 bits per heavy atom. The maximum atomic E-state index is 12.4. The van der Waals surface area contributed by atoms with Gasteiger partial charge in [-0.3, -0.25) is 9.69 Å². The van der Waals surface area contributed by atoms with Crippen molar-refractivity contribution in [3.05, 3.63) is 35.4 Å². The third-order valence-electron chi connectivity index (χ3n) is 5.34. The molecule has 0 unspecified atom stereocenters. The molecular formula is C20H33Cl2N3O2. The molecule has 2 N–H and O–H groups in total. The molecule has 2 aliphatic rings. The van der Waals surface area contributed by atoms with E-state index in [4.69, 9.17) is 4.74 Å². The molecule has 7 heteroatoms. The van der Waals surface area contributed by atoms with E-state index in [2.05, 4.69) is 46.7 Å². The number of morpholine rings is 1. The van der Waals surface area contributed by atoms with Crippen molar-refractivity contribution < 1.29 is 9.53 Å². The van der Waals surface area contributed by atoms with Crippen LogP contribution in [0.3, 0.4) is 0 Å². The Kier molecular flexibility index (Phi) is 10.6. The number of nitrogens with zero attached hydrogens (tertiary/aromatic N) is 1. The molecule has 154 valence electrons. The maximum Gasteiger partial charge on any atom is 0.240 e. The van der Waals surface area contributed by atoms with Crippen molar-refractivity contribution >= 4 is 30.7 Å². The molecule has 0 saturated carbocycles. The first kappa shape index (κ1) is 24.2. The molecule has 0 aliphatic carbocycles. The van der Waals surface area contributed by atoms with Gasteiger partial charge >= 0.3 is 0 Å². The normalized spacial score (nSPS) is 23.8. The van der Waals surface area contributed by atoms with Gasteiger partial charge in [-0.15, -0.1) is 24.8 Å². The molecule has 27 heavy (non-hydrogen) atoms. The van der Waals surface area contributed by atoms with Crippen LogP contribution in [0.5, 0.6) is 0 Å². The number of rotatable bonds is 5. The summed E-state index contributed by atoms with van der Waals surface area (Å²) in [5.41, 5.74) is 2.48. The summed E-state index contributed by atoms with van der Waals surface area (Å²) in [6.45, 7) is 9.62. The quantitative estimate of drug-likeness (QED) is 0.772. The van der Waals surface area contributed by atoms with E-state index in [1.54, 1.807) is 0 Å². The van der Waals surface area contributed by atoms with Gasteiger partial charge in [0.25, 0.3) is 0 Å². The summed E-state index contributed by atoms with van der Waals surface area (Å²) < 4.78 is 5.55. The second-order valence-corrected chi connectivity index (χ2v) is 7.50. The fraction of sp³-hybridized carbons (Fsp3) is 0.650. The van der Waals surface area contributed by atoms with Crippen LogP contribution < -0.4 is 10.6 Å². The highest BCUT2D eigenvalue weighted by atomic mass is 35.5. The molecule has 2 fully saturated rings. The third kappa shape index (κ3) is 7.24. The molecule has 2 atom stereocenters. The lowest BCUT2D eigenvalue weighted by Gasteiger charge is -2.30. The van der Waals surface area contributed by atoms with E-state index in [1.807, 2.05) is 6.92 Å². The van der Waals surface area contributed by atoms with E-state index in [1.165, 1.54) is 31.5 Å². The molecule has 0 spiro atoms. The second kappa shape index (κ2) is 11.9. The largest absolute Gasteiger partial charge is 0.375 e. The summed E-state index contributed by atoms with van der Waals surface area (Å²) in [6.07, 6.45) is 2.51. The molecule has 1 amide bonds. The lowest BCUT2D eigenvalue weighted by atomic mass is 9.98. The van der Waals surface area contributed by atoms with Gasteiger partial charge in [0, 0.05) is 19.6 Å². The van der Waals surface area contributed by atoms with E-state index in [0.717, 1.165) is 24.6 Å². The average molecular weight is 418 g/mol. The van der Waals surface area contributed by atoms with Crippen LogP contribution >= 0.6 is 24.8 Å². The van der Waals surface area contributed by atoms with Gasteiger partial charge in [0.15, 0.2) is 0 Å². The highest BCUT2D eigenvalue weighted by molar-refractivity contribution is 5.85. The monoisotopic (exact) mass is 417 g/mol. The second-order valence-electron chi connectivity index (χ2n) is 7.50. The molecule has 0 bridgehead atoms. The smallest absolute Gasteiger partial charge is 0.240 e.